The summed E-state index contributed by atoms with van der Waals surface area (Å²) in [6.07, 6.45) is 1.16. The summed E-state index contributed by atoms with van der Waals surface area (Å²) in [6, 6.07) is 12.3. The lowest BCUT2D eigenvalue weighted by molar-refractivity contribution is -0.136. The summed E-state index contributed by atoms with van der Waals surface area (Å²) in [5.74, 6) is 9.57. The van der Waals surface area contributed by atoms with Crippen molar-refractivity contribution >= 4 is 26.9 Å². The zero-order valence-electron chi connectivity index (χ0n) is 16.5. The number of hydrogen-bond donors (Lipinski definition) is 3. The molecule has 0 unspecified atom stereocenters. The highest BCUT2D eigenvalue weighted by Crippen LogP contribution is 2.35. The standard InChI is InChI=1S/C22H27FN2O3S/c1-28-18-8-9-19(20(23)14-18)17-6-4-16(5-7-17)15-24-22(21(26)25-27)10-12-29(2,3)13-11-22/h4-9,14,24,27H,2-3,10-13,15H2,1H3,(H,25,26). The van der Waals surface area contributed by atoms with Gasteiger partial charge in [-0.3, -0.25) is 15.3 Å². The first kappa shape index (κ1) is 21.4. The van der Waals surface area contributed by atoms with Gasteiger partial charge in [-0.15, -0.1) is 0 Å². The Labute approximate surface area is 171 Å². The minimum atomic E-state index is -1.17. The number of ether oxygens (including phenoxy) is 1. The largest absolute Gasteiger partial charge is 0.497 e. The summed E-state index contributed by atoms with van der Waals surface area (Å²) in [4.78, 5) is 12.3. The molecular weight excluding hydrogens is 391 g/mol. The Balaban J connectivity index is 1.73. The fourth-order valence-corrected chi connectivity index (χ4v) is 5.30. The minimum absolute atomic E-state index is 0.344. The second-order valence-electron chi connectivity index (χ2n) is 7.55. The fraction of sp³-hybridized carbons (Fsp3) is 0.318. The van der Waals surface area contributed by atoms with Crippen molar-refractivity contribution in [3.8, 4) is 16.9 Å². The normalized spacial score (nSPS) is 17.5. The van der Waals surface area contributed by atoms with Crippen molar-refractivity contribution in [2.24, 2.45) is 0 Å². The fourth-order valence-electron chi connectivity index (χ4n) is 3.53. The van der Waals surface area contributed by atoms with E-state index in [1.165, 1.54) is 13.2 Å². The molecule has 3 N–H and O–H groups in total. The van der Waals surface area contributed by atoms with Crippen molar-refractivity contribution in [3.05, 3.63) is 53.8 Å². The molecule has 0 aliphatic carbocycles. The van der Waals surface area contributed by atoms with Gasteiger partial charge < -0.3 is 4.74 Å². The van der Waals surface area contributed by atoms with Crippen molar-refractivity contribution < 1.29 is 19.1 Å². The SMILES string of the molecule is C=S1(=C)CCC(NCc2ccc(-c3ccc(OC)cc3F)cc2)(C(=O)NO)CC1. The van der Waals surface area contributed by atoms with E-state index in [-0.39, 0.29) is 5.82 Å². The van der Waals surface area contributed by atoms with Crippen molar-refractivity contribution in [1.82, 2.24) is 10.8 Å². The lowest BCUT2D eigenvalue weighted by Gasteiger charge is -2.39. The topological polar surface area (TPSA) is 70.6 Å². The van der Waals surface area contributed by atoms with Crippen LogP contribution in [0.1, 0.15) is 18.4 Å². The average Bonchev–Trinajstić information content (AvgIpc) is 2.73. The summed E-state index contributed by atoms with van der Waals surface area (Å²) in [5, 5.41) is 12.5. The molecule has 0 bridgehead atoms. The van der Waals surface area contributed by atoms with Crippen LogP contribution in [0.4, 0.5) is 4.39 Å². The van der Waals surface area contributed by atoms with E-state index in [0.717, 1.165) is 22.6 Å². The number of carbonyl (C=O) groups excluding carboxylic acids is 1. The number of amides is 1. The first-order chi connectivity index (χ1) is 13.8. The highest BCUT2D eigenvalue weighted by atomic mass is 32.2. The number of hydroxylamine groups is 1. The number of methoxy groups -OCH3 is 1. The van der Waals surface area contributed by atoms with Crippen molar-refractivity contribution in [1.29, 1.82) is 0 Å². The van der Waals surface area contributed by atoms with Crippen molar-refractivity contribution in [2.45, 2.75) is 24.9 Å². The molecule has 7 heteroatoms. The lowest BCUT2D eigenvalue weighted by Crippen LogP contribution is -2.58. The Morgan fingerprint density at radius 2 is 1.86 bits per heavy atom. The molecule has 156 valence electrons. The molecule has 1 amide bonds. The van der Waals surface area contributed by atoms with E-state index in [2.05, 4.69) is 17.1 Å². The average molecular weight is 419 g/mol. The Kier molecular flexibility index (Phi) is 6.31. The highest BCUT2D eigenvalue weighted by molar-refractivity contribution is 8.27. The van der Waals surface area contributed by atoms with Gasteiger partial charge in [0.1, 0.15) is 17.1 Å². The van der Waals surface area contributed by atoms with Gasteiger partial charge >= 0.3 is 0 Å². The summed E-state index contributed by atoms with van der Waals surface area (Å²) >= 11 is 0. The van der Waals surface area contributed by atoms with Crippen molar-refractivity contribution in [3.63, 3.8) is 0 Å². The van der Waals surface area contributed by atoms with Crippen LogP contribution in [0, 0.1) is 5.82 Å². The molecule has 5 nitrogen and oxygen atoms in total. The molecule has 2 aromatic rings. The smallest absolute Gasteiger partial charge is 0.263 e. The van der Waals surface area contributed by atoms with Crippen LogP contribution in [0.2, 0.25) is 0 Å². The summed E-state index contributed by atoms with van der Waals surface area (Å²) in [5.41, 5.74) is 3.19. The number of rotatable bonds is 6. The third-order valence-electron chi connectivity index (χ3n) is 5.53. The molecule has 1 saturated heterocycles. The van der Waals surface area contributed by atoms with E-state index in [9.17, 15) is 14.4 Å². The molecule has 1 aliphatic rings. The van der Waals surface area contributed by atoms with Gasteiger partial charge in [0.15, 0.2) is 0 Å². The highest BCUT2D eigenvalue weighted by Gasteiger charge is 2.40. The molecule has 0 spiro atoms. The third-order valence-corrected chi connectivity index (χ3v) is 7.67. The summed E-state index contributed by atoms with van der Waals surface area (Å²) in [6.45, 7) is 0.454. The predicted molar refractivity (Wildman–Crippen MR) is 119 cm³/mol. The van der Waals surface area contributed by atoms with E-state index >= 15 is 0 Å². The van der Waals surface area contributed by atoms with Gasteiger partial charge in [-0.25, -0.2) is 19.1 Å². The first-order valence-electron chi connectivity index (χ1n) is 9.36. The molecule has 0 aromatic heterocycles. The van der Waals surface area contributed by atoms with E-state index in [1.54, 1.807) is 17.6 Å². The zero-order valence-corrected chi connectivity index (χ0v) is 17.4. The molecule has 2 aromatic carbocycles. The lowest BCUT2D eigenvalue weighted by atomic mass is 9.91. The third kappa shape index (κ3) is 4.80. The molecule has 0 saturated carbocycles. The van der Waals surface area contributed by atoms with Crippen LogP contribution in [0.25, 0.3) is 11.1 Å². The van der Waals surface area contributed by atoms with E-state index in [4.69, 9.17) is 4.74 Å². The van der Waals surface area contributed by atoms with Gasteiger partial charge in [-0.1, -0.05) is 36.0 Å². The summed E-state index contributed by atoms with van der Waals surface area (Å²) < 4.78 is 19.3. The quantitative estimate of drug-likeness (QED) is 0.382. The Bertz CT molecular complexity index is 974. The maximum Gasteiger partial charge on any atom is 0.263 e. The first-order valence-corrected chi connectivity index (χ1v) is 11.7. The minimum Gasteiger partial charge on any atom is -0.497 e. The van der Waals surface area contributed by atoms with Crippen LogP contribution in [0.5, 0.6) is 5.75 Å². The maximum atomic E-state index is 14.3. The van der Waals surface area contributed by atoms with E-state index in [0.29, 0.717) is 30.7 Å². The van der Waals surface area contributed by atoms with Gasteiger partial charge in [-0.05, 0) is 47.6 Å². The Morgan fingerprint density at radius 1 is 1.21 bits per heavy atom. The van der Waals surface area contributed by atoms with Crippen LogP contribution >= 0.6 is 9.21 Å². The van der Waals surface area contributed by atoms with Crippen molar-refractivity contribution in [2.75, 3.05) is 18.6 Å². The second-order valence-corrected chi connectivity index (χ2v) is 10.8. The predicted octanol–water partition coefficient (Wildman–Crippen LogP) is 3.30. The molecule has 1 fully saturated rings. The second kappa shape index (κ2) is 8.57. The number of hydrogen-bond acceptors (Lipinski definition) is 4. The summed E-state index contributed by atoms with van der Waals surface area (Å²) in [7, 11) is 0.332. The van der Waals surface area contributed by atoms with Crippen LogP contribution in [0.3, 0.4) is 0 Å². The molecule has 0 atom stereocenters. The van der Waals surface area contributed by atoms with Gasteiger partial charge in [0.2, 0.25) is 0 Å². The van der Waals surface area contributed by atoms with Gasteiger partial charge in [0.05, 0.1) is 7.11 Å². The monoisotopic (exact) mass is 418 g/mol. The molecule has 1 heterocycles. The van der Waals surface area contributed by atoms with Crippen LogP contribution in [-0.4, -0.2) is 47.0 Å². The number of benzene rings is 2. The van der Waals surface area contributed by atoms with Gasteiger partial charge in [-0.2, -0.15) is 0 Å². The molecular formula is C22H27FN2O3S. The molecule has 1 aliphatic heterocycles. The Morgan fingerprint density at radius 3 is 2.41 bits per heavy atom. The number of nitrogens with one attached hydrogen (secondary N) is 2. The molecule has 29 heavy (non-hydrogen) atoms. The maximum absolute atomic E-state index is 14.3. The zero-order chi connectivity index (χ0) is 21.1. The molecule has 0 radical (unpaired) electrons. The van der Waals surface area contributed by atoms with E-state index in [1.807, 2.05) is 24.3 Å². The van der Waals surface area contributed by atoms with Crippen LogP contribution < -0.4 is 15.5 Å². The van der Waals surface area contributed by atoms with Crippen LogP contribution in [-0.2, 0) is 11.3 Å². The number of halogens is 1. The van der Waals surface area contributed by atoms with Gasteiger partial charge in [0, 0.05) is 18.2 Å². The molecule has 3 rings (SSSR count). The van der Waals surface area contributed by atoms with E-state index < -0.39 is 20.7 Å². The van der Waals surface area contributed by atoms with Gasteiger partial charge in [0.25, 0.3) is 5.91 Å². The Hall–Kier alpha value is -2.35. The number of carbonyl (C=O) groups is 1. The van der Waals surface area contributed by atoms with Crippen LogP contribution in [0.15, 0.2) is 42.5 Å².